The molecule has 0 saturated carbocycles. The smallest absolute Gasteiger partial charge is 0.0267 e. The molecule has 0 aliphatic rings. The van der Waals surface area contributed by atoms with Crippen LogP contribution in [0.4, 0.5) is 0 Å². The molecule has 78 valence electrons. The van der Waals surface area contributed by atoms with Crippen LogP contribution in [0.2, 0.25) is 0 Å². The summed E-state index contributed by atoms with van der Waals surface area (Å²) >= 11 is 0. The van der Waals surface area contributed by atoms with Crippen LogP contribution >= 0.6 is 0 Å². The predicted molar refractivity (Wildman–Crippen MR) is 64.0 cm³/mol. The molecule has 13 heavy (non-hydrogen) atoms. The summed E-state index contributed by atoms with van der Waals surface area (Å²) in [4.78, 5) is 0. The Balaban J connectivity index is 0. The van der Waals surface area contributed by atoms with Crippen molar-refractivity contribution in [3.63, 3.8) is 0 Å². The highest BCUT2D eigenvalue weighted by molar-refractivity contribution is 5.05. The second-order valence-electron chi connectivity index (χ2n) is 3.76. The number of hydrogen-bond acceptors (Lipinski definition) is 0. The summed E-state index contributed by atoms with van der Waals surface area (Å²) in [7, 11) is 0. The van der Waals surface area contributed by atoms with E-state index in [0.29, 0.717) is 5.92 Å². The van der Waals surface area contributed by atoms with Gasteiger partial charge in [0.05, 0.1) is 0 Å². The third-order valence-electron chi connectivity index (χ3n) is 2.43. The van der Waals surface area contributed by atoms with E-state index in [-0.39, 0.29) is 0 Å². The average molecular weight is 182 g/mol. The van der Waals surface area contributed by atoms with Crippen molar-refractivity contribution in [1.29, 1.82) is 0 Å². The van der Waals surface area contributed by atoms with E-state index in [9.17, 15) is 0 Å². The van der Waals surface area contributed by atoms with Crippen LogP contribution in [0, 0.1) is 5.92 Å². The molecular weight excluding hydrogens is 156 g/mol. The van der Waals surface area contributed by atoms with Gasteiger partial charge >= 0.3 is 0 Å². The summed E-state index contributed by atoms with van der Waals surface area (Å²) in [6.07, 6.45) is 4.38. The molecule has 0 heterocycles. The zero-order chi connectivity index (χ0) is 10.9. The van der Waals surface area contributed by atoms with Gasteiger partial charge in [-0.05, 0) is 33.1 Å². The lowest BCUT2D eigenvalue weighted by Gasteiger charge is -1.94. The van der Waals surface area contributed by atoms with Crippen molar-refractivity contribution in [2.75, 3.05) is 0 Å². The van der Waals surface area contributed by atoms with Gasteiger partial charge in [0.25, 0.3) is 0 Å². The minimum absolute atomic E-state index is 0.699. The summed E-state index contributed by atoms with van der Waals surface area (Å²) in [5, 5.41) is 0. The van der Waals surface area contributed by atoms with Gasteiger partial charge < -0.3 is 0 Å². The minimum atomic E-state index is 0.699. The molecule has 0 aliphatic carbocycles. The van der Waals surface area contributed by atoms with Gasteiger partial charge in [-0.3, -0.25) is 0 Å². The maximum atomic E-state index is 3.63. The van der Waals surface area contributed by atoms with E-state index in [1.807, 2.05) is 6.08 Å². The van der Waals surface area contributed by atoms with Crippen molar-refractivity contribution in [3.05, 3.63) is 23.8 Å². The summed E-state index contributed by atoms with van der Waals surface area (Å²) < 4.78 is 0. The van der Waals surface area contributed by atoms with Gasteiger partial charge in [-0.25, -0.2) is 0 Å². The van der Waals surface area contributed by atoms with E-state index in [2.05, 4.69) is 48.1 Å². The highest BCUT2D eigenvalue weighted by Crippen LogP contribution is 2.04. The highest BCUT2D eigenvalue weighted by atomic mass is 13.9. The van der Waals surface area contributed by atoms with Gasteiger partial charge in [-0.1, -0.05) is 44.4 Å². The molecule has 0 bridgehead atoms. The summed E-state index contributed by atoms with van der Waals surface area (Å²) in [6.45, 7) is 16.6. The van der Waals surface area contributed by atoms with Crippen molar-refractivity contribution in [1.82, 2.24) is 0 Å². The zero-order valence-electron chi connectivity index (χ0n) is 10.3. The molecule has 0 radical (unpaired) electrons. The van der Waals surface area contributed by atoms with E-state index >= 15 is 0 Å². The predicted octanol–water partition coefficient (Wildman–Crippen LogP) is 4.97. The first-order chi connectivity index (χ1) is 5.99. The lowest BCUT2D eigenvalue weighted by molar-refractivity contribution is 0.700. The van der Waals surface area contributed by atoms with Gasteiger partial charge in [-0.2, -0.15) is 0 Å². The normalized spacial score (nSPS) is 10.9. The van der Waals surface area contributed by atoms with E-state index in [1.165, 1.54) is 24.0 Å². The second kappa shape index (κ2) is 9.57. The molecule has 0 rings (SSSR count). The van der Waals surface area contributed by atoms with Gasteiger partial charge in [0, 0.05) is 0 Å². The molecule has 0 nitrogen and oxygen atoms in total. The first-order valence-corrected chi connectivity index (χ1v) is 5.24. The van der Waals surface area contributed by atoms with Crippen LogP contribution in [-0.2, 0) is 0 Å². The largest absolute Gasteiger partial charge is 0.103 e. The van der Waals surface area contributed by atoms with E-state index in [0.717, 1.165) is 0 Å². The fourth-order valence-electron chi connectivity index (χ4n) is 0.520. The Labute approximate surface area is 84.7 Å². The van der Waals surface area contributed by atoms with Gasteiger partial charge in [0.2, 0.25) is 0 Å². The molecule has 0 aromatic heterocycles. The second-order valence-corrected chi connectivity index (χ2v) is 3.76. The Bertz CT molecular complexity index is 147. The molecule has 0 aromatic rings. The number of hydrogen-bond donors (Lipinski definition) is 0. The third-order valence-corrected chi connectivity index (χ3v) is 2.43. The lowest BCUT2D eigenvalue weighted by atomic mass is 10.1. The van der Waals surface area contributed by atoms with Gasteiger partial charge in [0.1, 0.15) is 0 Å². The molecule has 0 spiro atoms. The van der Waals surface area contributed by atoms with Gasteiger partial charge in [-0.15, -0.1) is 6.58 Å². The first kappa shape index (κ1) is 15.0. The molecular formula is C13H26. The summed E-state index contributed by atoms with van der Waals surface area (Å²) in [5.74, 6) is 0.699. The van der Waals surface area contributed by atoms with Crippen molar-refractivity contribution in [3.8, 4) is 0 Å². The summed E-state index contributed by atoms with van der Waals surface area (Å²) in [6, 6.07) is 0. The number of allylic oxidation sites excluding steroid dienone is 3. The molecule has 0 amide bonds. The maximum Gasteiger partial charge on any atom is -0.0267 e. The summed E-state index contributed by atoms with van der Waals surface area (Å²) in [5.41, 5.74) is 2.97. The third kappa shape index (κ3) is 11.5. The van der Waals surface area contributed by atoms with Crippen molar-refractivity contribution >= 4 is 0 Å². The first-order valence-electron chi connectivity index (χ1n) is 5.24. The SMILES string of the molecule is C=CC(C)CC.CCC(C)=C(C)C. The Morgan fingerprint density at radius 1 is 1.23 bits per heavy atom. The maximum absolute atomic E-state index is 3.63. The zero-order valence-corrected chi connectivity index (χ0v) is 10.3. The fraction of sp³-hybridized carbons (Fsp3) is 0.692. The van der Waals surface area contributed by atoms with Crippen LogP contribution in [0.25, 0.3) is 0 Å². The lowest BCUT2D eigenvalue weighted by Crippen LogP contribution is -1.80. The molecule has 0 fully saturated rings. The Morgan fingerprint density at radius 3 is 1.69 bits per heavy atom. The average Bonchev–Trinajstić information content (AvgIpc) is 2.16. The van der Waals surface area contributed by atoms with Gasteiger partial charge in [0.15, 0.2) is 0 Å². The van der Waals surface area contributed by atoms with Crippen LogP contribution in [0.1, 0.15) is 54.4 Å². The molecule has 1 atom stereocenters. The topological polar surface area (TPSA) is 0 Å². The fourth-order valence-corrected chi connectivity index (χ4v) is 0.520. The van der Waals surface area contributed by atoms with E-state index < -0.39 is 0 Å². The Hall–Kier alpha value is -0.520. The number of rotatable bonds is 3. The van der Waals surface area contributed by atoms with Crippen LogP contribution in [-0.4, -0.2) is 0 Å². The molecule has 0 aliphatic heterocycles. The Morgan fingerprint density at radius 2 is 1.69 bits per heavy atom. The van der Waals surface area contributed by atoms with Crippen LogP contribution < -0.4 is 0 Å². The highest BCUT2D eigenvalue weighted by Gasteiger charge is 1.84. The van der Waals surface area contributed by atoms with Crippen molar-refractivity contribution in [2.24, 2.45) is 5.92 Å². The molecule has 0 saturated heterocycles. The van der Waals surface area contributed by atoms with E-state index in [4.69, 9.17) is 0 Å². The standard InChI is InChI=1S/C7H14.C6H12/c1-5-7(4)6(2)3;1-4-6(3)5-2/h5H2,1-4H3;4,6H,1,5H2,2-3H3. The minimum Gasteiger partial charge on any atom is -0.103 e. The molecule has 0 heteroatoms. The van der Waals surface area contributed by atoms with Crippen LogP contribution in [0.15, 0.2) is 23.8 Å². The molecule has 0 aromatic carbocycles. The monoisotopic (exact) mass is 182 g/mol. The molecule has 0 N–H and O–H groups in total. The van der Waals surface area contributed by atoms with Crippen LogP contribution in [0.3, 0.4) is 0 Å². The molecule has 1 unspecified atom stereocenters. The van der Waals surface area contributed by atoms with Crippen LogP contribution in [0.5, 0.6) is 0 Å². The Kier molecular flexibility index (Phi) is 11.0. The van der Waals surface area contributed by atoms with E-state index in [1.54, 1.807) is 0 Å². The van der Waals surface area contributed by atoms with Crippen molar-refractivity contribution < 1.29 is 0 Å². The quantitative estimate of drug-likeness (QED) is 0.540. The van der Waals surface area contributed by atoms with Crippen molar-refractivity contribution in [2.45, 2.75) is 54.4 Å².